The average molecular weight is 142 g/mol. The largest absolute Gasteiger partial charge is 0.509 e. The van der Waals surface area contributed by atoms with Crippen LogP contribution in [-0.4, -0.2) is 18.4 Å². The van der Waals surface area contributed by atoms with E-state index in [1.807, 2.05) is 0 Å². The van der Waals surface area contributed by atoms with Crippen LogP contribution in [-0.2, 0) is 9.47 Å². The van der Waals surface area contributed by atoms with Gasteiger partial charge in [-0.3, -0.25) is 0 Å². The zero-order valence-corrected chi connectivity index (χ0v) is 5.71. The molecule has 0 unspecified atom stereocenters. The van der Waals surface area contributed by atoms with Crippen molar-refractivity contribution in [2.45, 2.75) is 37.9 Å². The fraction of sp³-hybridized carbons (Fsp3) is 0.857. The number of hydrogen-bond acceptors (Lipinski definition) is 3. The summed E-state index contributed by atoms with van der Waals surface area (Å²) >= 11 is 0. The molecule has 56 valence electrons. The molecule has 1 heterocycles. The Labute approximate surface area is 59.3 Å². The summed E-state index contributed by atoms with van der Waals surface area (Å²) in [5.74, 6) is 0. The Hall–Kier alpha value is -0.730. The van der Waals surface area contributed by atoms with Crippen LogP contribution in [0.15, 0.2) is 0 Å². The Balaban J connectivity index is 2.04. The van der Waals surface area contributed by atoms with Crippen molar-refractivity contribution in [1.29, 1.82) is 0 Å². The van der Waals surface area contributed by atoms with Crippen LogP contribution in [0.4, 0.5) is 4.79 Å². The van der Waals surface area contributed by atoms with Crippen LogP contribution in [0, 0.1) is 0 Å². The van der Waals surface area contributed by atoms with Crippen LogP contribution in [0.25, 0.3) is 0 Å². The van der Waals surface area contributed by atoms with Gasteiger partial charge in [-0.15, -0.1) is 0 Å². The van der Waals surface area contributed by atoms with Crippen LogP contribution in [0.5, 0.6) is 0 Å². The van der Waals surface area contributed by atoms with E-state index >= 15 is 0 Å². The van der Waals surface area contributed by atoms with E-state index in [0.29, 0.717) is 0 Å². The predicted molar refractivity (Wildman–Crippen MR) is 33.6 cm³/mol. The molecular formula is C7H10O3. The van der Waals surface area contributed by atoms with E-state index in [0.717, 1.165) is 25.7 Å². The molecule has 2 aliphatic rings. The first kappa shape index (κ1) is 6.01. The molecule has 2 atom stereocenters. The van der Waals surface area contributed by atoms with Gasteiger partial charge in [-0.25, -0.2) is 4.79 Å². The standard InChI is InChI=1S/C7H10O3/c8-7-9-5-3-1-2-4-6(5)10-7/h5-6H,1-4H2/t5-,6-/m0/s1. The molecule has 3 heteroatoms. The Kier molecular flexibility index (Phi) is 1.29. The number of carbonyl (C=O) groups is 1. The van der Waals surface area contributed by atoms with E-state index in [1.165, 1.54) is 0 Å². The third-order valence-corrected chi connectivity index (χ3v) is 2.14. The van der Waals surface area contributed by atoms with E-state index in [4.69, 9.17) is 9.47 Å². The zero-order chi connectivity index (χ0) is 6.97. The molecule has 10 heavy (non-hydrogen) atoms. The predicted octanol–water partition coefficient (Wildman–Crippen LogP) is 1.46. The van der Waals surface area contributed by atoms with E-state index in [-0.39, 0.29) is 12.2 Å². The number of fused-ring (bicyclic) bond motifs is 1. The second kappa shape index (κ2) is 2.15. The Morgan fingerprint density at radius 3 is 2.10 bits per heavy atom. The molecule has 0 aromatic heterocycles. The highest BCUT2D eigenvalue weighted by molar-refractivity contribution is 5.62. The van der Waals surface area contributed by atoms with Gasteiger partial charge in [0.25, 0.3) is 0 Å². The van der Waals surface area contributed by atoms with Gasteiger partial charge in [0.1, 0.15) is 12.2 Å². The van der Waals surface area contributed by atoms with E-state index in [9.17, 15) is 4.79 Å². The van der Waals surface area contributed by atoms with Crippen molar-refractivity contribution in [2.24, 2.45) is 0 Å². The van der Waals surface area contributed by atoms with Crippen molar-refractivity contribution < 1.29 is 14.3 Å². The summed E-state index contributed by atoms with van der Waals surface area (Å²) in [4.78, 5) is 10.6. The van der Waals surface area contributed by atoms with Crippen molar-refractivity contribution in [2.75, 3.05) is 0 Å². The van der Waals surface area contributed by atoms with E-state index < -0.39 is 6.16 Å². The first-order valence-electron chi connectivity index (χ1n) is 3.73. The molecule has 0 aromatic carbocycles. The van der Waals surface area contributed by atoms with Crippen molar-refractivity contribution in [3.05, 3.63) is 0 Å². The lowest BCUT2D eigenvalue weighted by Gasteiger charge is -2.19. The number of carbonyl (C=O) groups excluding carboxylic acids is 1. The molecule has 0 spiro atoms. The maximum atomic E-state index is 10.6. The lowest BCUT2D eigenvalue weighted by Crippen LogP contribution is -2.25. The highest BCUT2D eigenvalue weighted by Crippen LogP contribution is 2.28. The van der Waals surface area contributed by atoms with E-state index in [2.05, 4.69) is 0 Å². The second-order valence-electron chi connectivity index (χ2n) is 2.85. The summed E-state index contributed by atoms with van der Waals surface area (Å²) in [7, 11) is 0. The minimum atomic E-state index is -0.475. The van der Waals surface area contributed by atoms with Gasteiger partial charge in [0.2, 0.25) is 0 Å². The Morgan fingerprint density at radius 1 is 1.10 bits per heavy atom. The SMILES string of the molecule is O=C1O[C@H]2CCCC[C@@H]2O1. The van der Waals surface area contributed by atoms with Crippen LogP contribution in [0.1, 0.15) is 25.7 Å². The Morgan fingerprint density at radius 2 is 1.60 bits per heavy atom. The highest BCUT2D eigenvalue weighted by atomic mass is 16.8. The summed E-state index contributed by atoms with van der Waals surface area (Å²) in [6.45, 7) is 0. The van der Waals surface area contributed by atoms with Gasteiger partial charge < -0.3 is 9.47 Å². The number of ether oxygens (including phenoxy) is 2. The molecule has 1 aliphatic heterocycles. The van der Waals surface area contributed by atoms with Crippen LogP contribution >= 0.6 is 0 Å². The van der Waals surface area contributed by atoms with E-state index in [1.54, 1.807) is 0 Å². The molecule has 2 fully saturated rings. The molecule has 0 N–H and O–H groups in total. The van der Waals surface area contributed by atoms with Crippen LogP contribution in [0.2, 0.25) is 0 Å². The molecule has 0 aromatic rings. The first-order valence-corrected chi connectivity index (χ1v) is 3.73. The minimum Gasteiger partial charge on any atom is -0.427 e. The molecule has 0 radical (unpaired) electrons. The molecule has 2 rings (SSSR count). The molecule has 3 nitrogen and oxygen atoms in total. The third kappa shape index (κ3) is 0.856. The number of hydrogen-bond donors (Lipinski definition) is 0. The third-order valence-electron chi connectivity index (χ3n) is 2.14. The van der Waals surface area contributed by atoms with Gasteiger partial charge in [-0.1, -0.05) is 0 Å². The van der Waals surface area contributed by atoms with Gasteiger partial charge in [-0.2, -0.15) is 0 Å². The van der Waals surface area contributed by atoms with Crippen LogP contribution in [0.3, 0.4) is 0 Å². The topological polar surface area (TPSA) is 35.5 Å². The normalized spacial score (nSPS) is 38.2. The summed E-state index contributed by atoms with van der Waals surface area (Å²) in [5.41, 5.74) is 0. The van der Waals surface area contributed by atoms with Crippen LogP contribution < -0.4 is 0 Å². The summed E-state index contributed by atoms with van der Waals surface area (Å²) in [6.07, 6.45) is 3.96. The Bertz CT molecular complexity index is 139. The summed E-state index contributed by atoms with van der Waals surface area (Å²) in [5, 5.41) is 0. The maximum absolute atomic E-state index is 10.6. The monoisotopic (exact) mass is 142 g/mol. The molecule has 0 amide bonds. The van der Waals surface area contributed by atoms with Gasteiger partial charge in [0, 0.05) is 0 Å². The summed E-state index contributed by atoms with van der Waals surface area (Å²) in [6, 6.07) is 0. The van der Waals surface area contributed by atoms with Gasteiger partial charge in [0.15, 0.2) is 0 Å². The van der Waals surface area contributed by atoms with Crippen molar-refractivity contribution >= 4 is 6.16 Å². The van der Waals surface area contributed by atoms with Crippen molar-refractivity contribution in [3.8, 4) is 0 Å². The smallest absolute Gasteiger partial charge is 0.427 e. The van der Waals surface area contributed by atoms with Gasteiger partial charge >= 0.3 is 6.16 Å². The van der Waals surface area contributed by atoms with Crippen molar-refractivity contribution in [3.63, 3.8) is 0 Å². The molecule has 1 saturated carbocycles. The minimum absolute atomic E-state index is 0.0706. The van der Waals surface area contributed by atoms with Gasteiger partial charge in [-0.05, 0) is 25.7 Å². The van der Waals surface area contributed by atoms with Crippen molar-refractivity contribution in [1.82, 2.24) is 0 Å². The molecular weight excluding hydrogens is 132 g/mol. The second-order valence-corrected chi connectivity index (χ2v) is 2.85. The quantitative estimate of drug-likeness (QED) is 0.480. The highest BCUT2D eigenvalue weighted by Gasteiger charge is 2.37. The molecule has 1 aliphatic carbocycles. The maximum Gasteiger partial charge on any atom is 0.509 e. The zero-order valence-electron chi connectivity index (χ0n) is 5.71. The number of rotatable bonds is 0. The fourth-order valence-corrected chi connectivity index (χ4v) is 1.61. The molecule has 0 bridgehead atoms. The lowest BCUT2D eigenvalue weighted by atomic mass is 9.95. The average Bonchev–Trinajstić information content (AvgIpc) is 2.27. The van der Waals surface area contributed by atoms with Gasteiger partial charge in [0.05, 0.1) is 0 Å². The summed E-state index contributed by atoms with van der Waals surface area (Å²) < 4.78 is 9.81. The lowest BCUT2D eigenvalue weighted by molar-refractivity contribution is 0.110. The molecule has 1 saturated heterocycles. The first-order chi connectivity index (χ1) is 4.86. The fourth-order valence-electron chi connectivity index (χ4n) is 1.61.